The quantitative estimate of drug-likeness (QED) is 0.688. The molecule has 0 radical (unpaired) electrons. The van der Waals surface area contributed by atoms with Crippen molar-refractivity contribution in [2.24, 2.45) is 0 Å². The molecule has 1 N–H and O–H groups in total. The van der Waals surface area contributed by atoms with Gasteiger partial charge in [0.05, 0.1) is 5.52 Å². The van der Waals surface area contributed by atoms with E-state index in [2.05, 4.69) is 4.98 Å². The molecular weight excluding hydrogens is 177 g/mol. The van der Waals surface area contributed by atoms with E-state index in [1.165, 1.54) is 0 Å². The highest BCUT2D eigenvalue weighted by Gasteiger charge is 1.99. The molecule has 0 aliphatic heterocycles. The lowest BCUT2D eigenvalue weighted by Crippen LogP contribution is -1.76. The maximum Gasteiger partial charge on any atom is 0.266 e. The van der Waals surface area contributed by atoms with Crippen LogP contribution in [0.5, 0.6) is 0 Å². The van der Waals surface area contributed by atoms with Crippen molar-refractivity contribution in [1.82, 2.24) is 4.98 Å². The molecule has 1 heterocycles. The molecule has 0 fully saturated rings. The molecule has 2 nitrogen and oxygen atoms in total. The van der Waals surface area contributed by atoms with E-state index in [4.69, 9.17) is 16.6 Å². The molecule has 0 aliphatic carbocycles. The molecule has 0 amide bonds. The molecule has 0 aliphatic rings. The van der Waals surface area contributed by atoms with Crippen LogP contribution in [0.1, 0.15) is 5.56 Å². The average molecular weight is 183 g/mol. The fraction of sp³-hybridized carbons (Fsp3) is 0.125. The van der Waals surface area contributed by atoms with Gasteiger partial charge in [-0.1, -0.05) is 6.07 Å². The van der Waals surface area contributed by atoms with Gasteiger partial charge in [-0.05, 0) is 29.9 Å². The Bertz CT molecular complexity index is 459. The average Bonchev–Trinajstić information content (AvgIpc) is 2.43. The van der Waals surface area contributed by atoms with Gasteiger partial charge in [0.2, 0.25) is 0 Å². The van der Waals surface area contributed by atoms with E-state index >= 15 is 0 Å². The molecule has 0 spiro atoms. The second-order valence-electron chi connectivity index (χ2n) is 2.48. The number of hydrogen-bond acceptors (Lipinski definition) is 2. The second kappa shape index (κ2) is 2.71. The highest BCUT2D eigenvalue weighted by molar-refractivity contribution is 7.71. The summed E-state index contributed by atoms with van der Waals surface area (Å²) in [6, 6.07) is 5.07. The fourth-order valence-corrected chi connectivity index (χ4v) is 1.28. The van der Waals surface area contributed by atoms with Crippen LogP contribution in [0.3, 0.4) is 0 Å². The third kappa shape index (κ3) is 1.14. The fourth-order valence-electron chi connectivity index (χ4n) is 1.08. The van der Waals surface area contributed by atoms with Crippen LogP contribution in [0, 0.1) is 4.84 Å². The molecule has 0 saturated heterocycles. The van der Waals surface area contributed by atoms with Gasteiger partial charge in [0.1, 0.15) is 6.67 Å². The number of alkyl halides is 1. The first-order valence-electron chi connectivity index (χ1n) is 3.47. The molecule has 0 unspecified atom stereocenters. The van der Waals surface area contributed by atoms with Crippen LogP contribution >= 0.6 is 12.2 Å². The zero-order chi connectivity index (χ0) is 8.55. The molecule has 0 bridgehead atoms. The van der Waals surface area contributed by atoms with Crippen LogP contribution in [-0.2, 0) is 6.67 Å². The van der Waals surface area contributed by atoms with Gasteiger partial charge in [0.15, 0.2) is 5.58 Å². The Morgan fingerprint density at radius 2 is 2.33 bits per heavy atom. The summed E-state index contributed by atoms with van der Waals surface area (Å²) in [6.07, 6.45) is 0. The van der Waals surface area contributed by atoms with E-state index in [1.54, 1.807) is 18.2 Å². The third-order valence-electron chi connectivity index (χ3n) is 1.64. The summed E-state index contributed by atoms with van der Waals surface area (Å²) in [5.41, 5.74) is 2.03. The predicted octanol–water partition coefficient (Wildman–Crippen LogP) is 2.96. The molecule has 2 aromatic rings. The number of hydrogen-bond donors (Lipinski definition) is 1. The number of H-pyrrole nitrogens is 1. The van der Waals surface area contributed by atoms with Crippen molar-refractivity contribution in [2.45, 2.75) is 6.67 Å². The van der Waals surface area contributed by atoms with Gasteiger partial charge in [-0.15, -0.1) is 0 Å². The number of nitrogens with one attached hydrogen (secondary N) is 1. The number of aromatic amines is 1. The minimum Gasteiger partial charge on any atom is -0.429 e. The number of aromatic nitrogens is 1. The van der Waals surface area contributed by atoms with Gasteiger partial charge in [-0.2, -0.15) is 0 Å². The van der Waals surface area contributed by atoms with Gasteiger partial charge in [0.25, 0.3) is 4.84 Å². The Kier molecular flexibility index (Phi) is 1.69. The first-order chi connectivity index (χ1) is 5.79. The lowest BCUT2D eigenvalue weighted by atomic mass is 10.2. The molecule has 62 valence electrons. The Morgan fingerprint density at radius 3 is 3.08 bits per heavy atom. The minimum atomic E-state index is -0.471. The summed E-state index contributed by atoms with van der Waals surface area (Å²) in [6.45, 7) is -0.471. The topological polar surface area (TPSA) is 28.9 Å². The molecule has 12 heavy (non-hydrogen) atoms. The van der Waals surface area contributed by atoms with Crippen LogP contribution in [0.2, 0.25) is 0 Å². The summed E-state index contributed by atoms with van der Waals surface area (Å²) in [4.78, 5) is 3.14. The summed E-state index contributed by atoms with van der Waals surface area (Å²) < 4.78 is 17.3. The molecule has 1 aromatic carbocycles. The zero-order valence-corrected chi connectivity index (χ0v) is 6.95. The Labute approximate surface area is 73.0 Å². The lowest BCUT2D eigenvalue weighted by molar-refractivity contribution is 0.485. The monoisotopic (exact) mass is 183 g/mol. The van der Waals surface area contributed by atoms with Gasteiger partial charge in [-0.25, -0.2) is 4.39 Å². The van der Waals surface area contributed by atoms with E-state index in [-0.39, 0.29) is 0 Å². The largest absolute Gasteiger partial charge is 0.429 e. The molecule has 0 atom stereocenters. The van der Waals surface area contributed by atoms with Crippen molar-refractivity contribution in [2.75, 3.05) is 0 Å². The van der Waals surface area contributed by atoms with Crippen LogP contribution in [0.15, 0.2) is 22.6 Å². The van der Waals surface area contributed by atoms with E-state index in [9.17, 15) is 4.39 Å². The van der Waals surface area contributed by atoms with Crippen molar-refractivity contribution in [3.63, 3.8) is 0 Å². The third-order valence-corrected chi connectivity index (χ3v) is 1.82. The molecular formula is C8H6FNOS. The highest BCUT2D eigenvalue weighted by Crippen LogP contribution is 2.15. The molecule has 4 heteroatoms. The first-order valence-corrected chi connectivity index (χ1v) is 3.88. The Balaban J connectivity index is 2.74. The first kappa shape index (κ1) is 7.49. The van der Waals surface area contributed by atoms with E-state index < -0.39 is 6.67 Å². The van der Waals surface area contributed by atoms with Crippen molar-refractivity contribution in [3.8, 4) is 0 Å². The van der Waals surface area contributed by atoms with E-state index in [0.717, 1.165) is 5.52 Å². The van der Waals surface area contributed by atoms with Crippen LogP contribution in [0.4, 0.5) is 4.39 Å². The van der Waals surface area contributed by atoms with Crippen molar-refractivity contribution in [3.05, 3.63) is 28.6 Å². The summed E-state index contributed by atoms with van der Waals surface area (Å²) in [5.74, 6) is 0. The number of fused-ring (bicyclic) bond motifs is 1. The Morgan fingerprint density at radius 1 is 1.50 bits per heavy atom. The summed E-state index contributed by atoms with van der Waals surface area (Å²) >= 11 is 4.78. The smallest absolute Gasteiger partial charge is 0.266 e. The Hall–Kier alpha value is -1.16. The summed E-state index contributed by atoms with van der Waals surface area (Å²) in [5, 5.41) is 0. The second-order valence-corrected chi connectivity index (χ2v) is 2.85. The number of halogens is 1. The van der Waals surface area contributed by atoms with Gasteiger partial charge in [0, 0.05) is 0 Å². The van der Waals surface area contributed by atoms with Crippen LogP contribution in [-0.4, -0.2) is 4.98 Å². The van der Waals surface area contributed by atoms with Gasteiger partial charge < -0.3 is 9.40 Å². The standard InChI is InChI=1S/C8H6FNOS/c9-4-5-1-2-7-6(3-5)10-8(12)11-7/h1-3H,4H2,(H,10,12). The maximum absolute atomic E-state index is 12.2. The molecule has 0 saturated carbocycles. The normalized spacial score (nSPS) is 10.8. The minimum absolute atomic E-state index is 0.320. The van der Waals surface area contributed by atoms with Crippen molar-refractivity contribution < 1.29 is 8.81 Å². The summed E-state index contributed by atoms with van der Waals surface area (Å²) in [7, 11) is 0. The van der Waals surface area contributed by atoms with Crippen LogP contribution in [0.25, 0.3) is 11.1 Å². The van der Waals surface area contributed by atoms with Crippen LogP contribution < -0.4 is 0 Å². The van der Waals surface area contributed by atoms with E-state index in [0.29, 0.717) is 16.0 Å². The zero-order valence-electron chi connectivity index (χ0n) is 6.13. The SMILES string of the molecule is FCc1ccc2oc(=S)[nH]c2c1. The predicted molar refractivity (Wildman–Crippen MR) is 46.2 cm³/mol. The molecule has 1 aromatic heterocycles. The number of rotatable bonds is 1. The van der Waals surface area contributed by atoms with Gasteiger partial charge in [-0.3, -0.25) is 0 Å². The number of oxazole rings is 1. The van der Waals surface area contributed by atoms with Crippen molar-refractivity contribution >= 4 is 23.3 Å². The maximum atomic E-state index is 12.2. The molecule has 2 rings (SSSR count). The van der Waals surface area contributed by atoms with Gasteiger partial charge >= 0.3 is 0 Å². The lowest BCUT2D eigenvalue weighted by Gasteiger charge is -1.91. The van der Waals surface area contributed by atoms with Crippen molar-refractivity contribution in [1.29, 1.82) is 0 Å². The number of benzene rings is 1. The van der Waals surface area contributed by atoms with E-state index in [1.807, 2.05) is 0 Å². The highest BCUT2D eigenvalue weighted by atomic mass is 32.1.